The van der Waals surface area contributed by atoms with Crippen LogP contribution in [0.15, 0.2) is 48.5 Å². The minimum absolute atomic E-state index is 0.0565. The largest absolute Gasteiger partial charge is 0.493 e. The van der Waals surface area contributed by atoms with E-state index < -0.39 is 11.2 Å². The maximum Gasteiger partial charge on any atom is 0.410 e. The van der Waals surface area contributed by atoms with Crippen molar-refractivity contribution in [1.29, 1.82) is 0 Å². The van der Waals surface area contributed by atoms with Gasteiger partial charge in [0.2, 0.25) is 0 Å². The second-order valence-corrected chi connectivity index (χ2v) is 11.7. The van der Waals surface area contributed by atoms with Crippen molar-refractivity contribution in [2.75, 3.05) is 20.2 Å². The van der Waals surface area contributed by atoms with Crippen LogP contribution in [0, 0.1) is 11.8 Å². The fraction of sp³-hybridized carbons (Fsp3) is 0.567. The van der Waals surface area contributed by atoms with Gasteiger partial charge in [-0.05, 0) is 65.0 Å². The van der Waals surface area contributed by atoms with Gasteiger partial charge in [-0.1, -0.05) is 42.5 Å². The number of nitrogens with zero attached hydrogens (tertiary/aromatic N) is 1. The van der Waals surface area contributed by atoms with Gasteiger partial charge in [0.1, 0.15) is 11.2 Å². The summed E-state index contributed by atoms with van der Waals surface area (Å²) >= 11 is 0. The molecule has 3 aliphatic heterocycles. The maximum atomic E-state index is 12.8. The van der Waals surface area contributed by atoms with E-state index >= 15 is 0 Å². The number of benzene rings is 2. The van der Waals surface area contributed by atoms with Gasteiger partial charge in [0, 0.05) is 30.5 Å². The van der Waals surface area contributed by atoms with Crippen molar-refractivity contribution in [3.63, 3.8) is 0 Å². The van der Waals surface area contributed by atoms with Gasteiger partial charge in [-0.15, -0.1) is 0 Å². The first-order valence-electron chi connectivity index (χ1n) is 13.2. The monoisotopic (exact) mass is 493 g/mol. The van der Waals surface area contributed by atoms with Crippen molar-refractivity contribution >= 4 is 6.09 Å². The Hall–Kier alpha value is -2.73. The minimum Gasteiger partial charge on any atom is -0.493 e. The van der Waals surface area contributed by atoms with E-state index in [0.717, 1.165) is 42.7 Å². The molecule has 2 aromatic carbocycles. The van der Waals surface area contributed by atoms with Gasteiger partial charge in [0.15, 0.2) is 11.5 Å². The van der Waals surface area contributed by atoms with Crippen LogP contribution in [0.3, 0.4) is 0 Å². The van der Waals surface area contributed by atoms with Gasteiger partial charge < -0.3 is 23.8 Å². The third kappa shape index (κ3) is 4.93. The van der Waals surface area contributed by atoms with Gasteiger partial charge in [0.25, 0.3) is 0 Å². The number of ether oxygens (including phenoxy) is 4. The van der Waals surface area contributed by atoms with Crippen molar-refractivity contribution in [1.82, 2.24) is 4.90 Å². The zero-order valence-corrected chi connectivity index (χ0v) is 22.2. The first-order chi connectivity index (χ1) is 17.2. The quantitative estimate of drug-likeness (QED) is 0.509. The van der Waals surface area contributed by atoms with Crippen LogP contribution in [0.4, 0.5) is 4.79 Å². The summed E-state index contributed by atoms with van der Waals surface area (Å²) in [6, 6.07) is 16.7. The number of carbonyl (C=O) groups is 1. The van der Waals surface area contributed by atoms with Crippen molar-refractivity contribution in [2.24, 2.45) is 11.8 Å². The highest BCUT2D eigenvalue weighted by Gasteiger charge is 2.54. The molecule has 36 heavy (non-hydrogen) atoms. The molecule has 0 aliphatic carbocycles. The summed E-state index contributed by atoms with van der Waals surface area (Å²) in [5.74, 6) is 1.98. The van der Waals surface area contributed by atoms with Crippen molar-refractivity contribution in [3.8, 4) is 11.5 Å². The molecule has 0 spiro atoms. The number of aryl methyl sites for hydroxylation is 1. The molecule has 1 amide bonds. The van der Waals surface area contributed by atoms with Gasteiger partial charge in [-0.25, -0.2) is 4.79 Å². The topological polar surface area (TPSA) is 57.2 Å². The number of fused-ring (bicyclic) bond motifs is 4. The summed E-state index contributed by atoms with van der Waals surface area (Å²) in [5.41, 5.74) is 1.44. The zero-order chi connectivity index (χ0) is 25.5. The van der Waals surface area contributed by atoms with E-state index in [1.54, 1.807) is 7.11 Å². The standard InChI is InChI=1S/C30H39NO5/c1-29(2,3)36-28(32)31-17-15-24-21(19-31)18-23-26(34-24)22-12-9-13-25(33-5)27(22)35-30(23,4)16-14-20-10-7-6-8-11-20/h6-13,21,23-24,26H,14-19H2,1-5H3/t21-,23+,24+,26-,30+/m1/s1. The van der Waals surface area contributed by atoms with Crippen LogP contribution in [0.1, 0.15) is 64.2 Å². The lowest BCUT2D eigenvalue weighted by Crippen LogP contribution is -2.57. The Morgan fingerprint density at radius 2 is 1.92 bits per heavy atom. The first kappa shape index (κ1) is 24.9. The molecule has 3 heterocycles. The Labute approximate surface area is 214 Å². The van der Waals surface area contributed by atoms with Crippen LogP contribution in [-0.2, 0) is 15.9 Å². The predicted octanol–water partition coefficient (Wildman–Crippen LogP) is 6.18. The summed E-state index contributed by atoms with van der Waals surface area (Å²) in [6.45, 7) is 9.27. The van der Waals surface area contributed by atoms with Gasteiger partial charge in [0.05, 0.1) is 19.3 Å². The Morgan fingerprint density at radius 1 is 1.14 bits per heavy atom. The predicted molar refractivity (Wildman–Crippen MR) is 138 cm³/mol. The second-order valence-electron chi connectivity index (χ2n) is 11.7. The Bertz CT molecular complexity index is 1080. The lowest BCUT2D eigenvalue weighted by Gasteiger charge is -2.54. The molecule has 0 bridgehead atoms. The van der Waals surface area contributed by atoms with Gasteiger partial charge in [-0.3, -0.25) is 0 Å². The molecule has 194 valence electrons. The second kappa shape index (κ2) is 9.62. The fourth-order valence-corrected chi connectivity index (χ4v) is 6.11. The molecule has 0 aromatic heterocycles. The van der Waals surface area contributed by atoms with Crippen molar-refractivity contribution < 1.29 is 23.7 Å². The molecular formula is C30H39NO5. The number of hydrogen-bond acceptors (Lipinski definition) is 5. The highest BCUT2D eigenvalue weighted by Crippen LogP contribution is 2.56. The van der Waals surface area contributed by atoms with Crippen LogP contribution in [-0.4, -0.2) is 48.5 Å². The number of piperidine rings is 1. The van der Waals surface area contributed by atoms with E-state index in [2.05, 4.69) is 37.3 Å². The lowest BCUT2D eigenvalue weighted by atomic mass is 9.68. The Balaban J connectivity index is 1.42. The number of carbonyl (C=O) groups excluding carboxylic acids is 1. The van der Waals surface area contributed by atoms with Gasteiger partial charge >= 0.3 is 6.09 Å². The van der Waals surface area contributed by atoms with E-state index in [9.17, 15) is 4.79 Å². The molecular weight excluding hydrogens is 454 g/mol. The minimum atomic E-state index is -0.502. The summed E-state index contributed by atoms with van der Waals surface area (Å²) in [5, 5.41) is 0. The fourth-order valence-electron chi connectivity index (χ4n) is 6.11. The molecule has 5 atom stereocenters. The average Bonchev–Trinajstić information content (AvgIpc) is 2.86. The van der Waals surface area contributed by atoms with Crippen LogP contribution >= 0.6 is 0 Å². The SMILES string of the molecule is COc1cccc2c1O[C@@](C)(CCc1ccccc1)[C@H]1C[C@@H]3CN(C(=O)OC(C)(C)C)CC[C@@H]3O[C@H]21. The molecule has 0 unspecified atom stereocenters. The number of methoxy groups -OCH3 is 1. The Morgan fingerprint density at radius 3 is 2.64 bits per heavy atom. The lowest BCUT2D eigenvalue weighted by molar-refractivity contribution is -0.191. The van der Waals surface area contributed by atoms with Crippen molar-refractivity contribution in [2.45, 2.75) is 76.8 Å². The van der Waals surface area contributed by atoms with E-state index in [-0.39, 0.29) is 30.1 Å². The molecule has 0 radical (unpaired) electrons. The summed E-state index contributed by atoms with van der Waals surface area (Å²) in [4.78, 5) is 14.7. The molecule has 0 N–H and O–H groups in total. The molecule has 0 saturated carbocycles. The molecule has 6 nitrogen and oxygen atoms in total. The van der Waals surface area contributed by atoms with Crippen LogP contribution in [0.2, 0.25) is 0 Å². The summed E-state index contributed by atoms with van der Waals surface area (Å²) in [7, 11) is 1.69. The number of para-hydroxylation sites is 1. The number of rotatable bonds is 4. The highest BCUT2D eigenvalue weighted by molar-refractivity contribution is 5.68. The first-order valence-corrected chi connectivity index (χ1v) is 13.2. The molecule has 2 fully saturated rings. The van der Waals surface area contributed by atoms with Crippen LogP contribution in [0.5, 0.6) is 11.5 Å². The van der Waals surface area contributed by atoms with Crippen molar-refractivity contribution in [3.05, 3.63) is 59.7 Å². The van der Waals surface area contributed by atoms with Crippen LogP contribution in [0.25, 0.3) is 0 Å². The number of likely N-dealkylation sites (tertiary alicyclic amines) is 1. The molecule has 2 saturated heterocycles. The Kier molecular flexibility index (Phi) is 6.67. The molecule has 3 aliphatic rings. The van der Waals surface area contributed by atoms with Gasteiger partial charge in [-0.2, -0.15) is 0 Å². The zero-order valence-electron chi connectivity index (χ0n) is 22.2. The molecule has 5 rings (SSSR count). The highest BCUT2D eigenvalue weighted by atomic mass is 16.6. The third-order valence-corrected chi connectivity index (χ3v) is 7.97. The normalized spacial score (nSPS) is 29.3. The van der Waals surface area contributed by atoms with E-state index in [1.165, 1.54) is 5.56 Å². The number of amides is 1. The smallest absolute Gasteiger partial charge is 0.410 e. The van der Waals surface area contributed by atoms with Crippen LogP contribution < -0.4 is 9.47 Å². The molecule has 6 heteroatoms. The maximum absolute atomic E-state index is 12.8. The average molecular weight is 494 g/mol. The summed E-state index contributed by atoms with van der Waals surface area (Å²) < 4.78 is 25.1. The van der Waals surface area contributed by atoms with E-state index in [4.69, 9.17) is 18.9 Å². The molecule has 2 aromatic rings. The van der Waals surface area contributed by atoms with E-state index in [1.807, 2.05) is 43.9 Å². The summed E-state index contributed by atoms with van der Waals surface area (Å²) in [6.07, 6.45) is 3.37. The number of hydrogen-bond donors (Lipinski definition) is 0. The van der Waals surface area contributed by atoms with E-state index in [0.29, 0.717) is 13.1 Å². The third-order valence-electron chi connectivity index (χ3n) is 7.97.